The first kappa shape index (κ1) is 24.2. The lowest BCUT2D eigenvalue weighted by Gasteiger charge is -2.39. The summed E-state index contributed by atoms with van der Waals surface area (Å²) in [5.74, 6) is 0.194. The van der Waals surface area contributed by atoms with Gasteiger partial charge in [0.25, 0.3) is 0 Å². The molecule has 4 atom stereocenters. The van der Waals surface area contributed by atoms with E-state index in [1.54, 1.807) is 12.3 Å². The number of fused-ring (bicyclic) bond motifs is 2. The Hall–Kier alpha value is -3.54. The van der Waals surface area contributed by atoms with E-state index in [-0.39, 0.29) is 17.9 Å². The Morgan fingerprint density at radius 3 is 2.69 bits per heavy atom. The number of ether oxygens (including phenoxy) is 2. The number of benzene rings is 2. The van der Waals surface area contributed by atoms with E-state index in [4.69, 9.17) is 14.5 Å². The molecule has 0 spiro atoms. The molecular weight excluding hydrogens is 450 g/mol. The fourth-order valence-electron chi connectivity index (χ4n) is 5.95. The molecule has 0 bridgehead atoms. The van der Waals surface area contributed by atoms with Gasteiger partial charge in [-0.3, -0.25) is 4.98 Å². The van der Waals surface area contributed by atoms with Crippen LogP contribution in [0.2, 0.25) is 0 Å². The van der Waals surface area contributed by atoms with Gasteiger partial charge in [-0.25, -0.2) is 4.79 Å². The van der Waals surface area contributed by atoms with Gasteiger partial charge in [0.1, 0.15) is 11.4 Å². The molecule has 188 valence electrons. The fourth-order valence-corrected chi connectivity index (χ4v) is 5.95. The molecule has 2 aliphatic rings. The number of nitrogens with one attached hydrogen (secondary N) is 1. The molecule has 4 unspecified atom stereocenters. The van der Waals surface area contributed by atoms with E-state index in [0.717, 1.165) is 29.8 Å². The van der Waals surface area contributed by atoms with Crippen LogP contribution in [-0.4, -0.2) is 36.2 Å². The number of carbonyl (C=O) groups excluding carboxylic acids is 1. The summed E-state index contributed by atoms with van der Waals surface area (Å²) >= 11 is 0. The zero-order chi connectivity index (χ0) is 25.4. The maximum Gasteiger partial charge on any atom is 0.341 e. The third-order valence-electron chi connectivity index (χ3n) is 7.67. The number of aromatic nitrogens is 1. The molecule has 0 fully saturated rings. The van der Waals surface area contributed by atoms with Crippen molar-refractivity contribution in [2.75, 3.05) is 23.4 Å². The predicted octanol–water partition coefficient (Wildman–Crippen LogP) is 6.12. The van der Waals surface area contributed by atoms with Crippen LogP contribution in [0.15, 0.2) is 60.8 Å². The second-order valence-electron chi connectivity index (χ2n) is 9.69. The number of cyclic esters (lactones) is 1. The molecule has 1 aromatic heterocycles. The average molecular weight is 486 g/mol. The van der Waals surface area contributed by atoms with Gasteiger partial charge in [-0.05, 0) is 70.0 Å². The van der Waals surface area contributed by atoms with Crippen molar-refractivity contribution in [3.8, 4) is 5.75 Å². The first-order valence-corrected chi connectivity index (χ1v) is 13.0. The topological polar surface area (TPSA) is 63.7 Å². The molecule has 3 heterocycles. The van der Waals surface area contributed by atoms with Crippen LogP contribution in [0.1, 0.15) is 74.1 Å². The second kappa shape index (κ2) is 9.49. The normalized spacial score (nSPS) is 23.1. The number of anilines is 2. The van der Waals surface area contributed by atoms with Gasteiger partial charge in [0.05, 0.1) is 18.1 Å². The number of likely N-dealkylation sites (N-methyl/N-ethyl adjacent to an activating group) is 1. The molecule has 6 heteroatoms. The number of esters is 1. The fraction of sp³-hybridized carbons (Fsp3) is 0.400. The van der Waals surface area contributed by atoms with E-state index < -0.39 is 5.60 Å². The van der Waals surface area contributed by atoms with Gasteiger partial charge >= 0.3 is 5.97 Å². The van der Waals surface area contributed by atoms with Crippen molar-refractivity contribution in [2.45, 2.75) is 64.6 Å². The summed E-state index contributed by atoms with van der Waals surface area (Å²) in [6.45, 7) is 12.0. The minimum Gasteiger partial charge on any atom is -0.493 e. The van der Waals surface area contributed by atoms with E-state index in [1.165, 1.54) is 5.69 Å². The standard InChI is InChI=1S/C30H35N3O3/c1-6-19(4)32-21-15-16-24(26(18-21)35-8-3)30(28-23(29(34)36-30)13-11-17-31-28)27-20(5)33(7-2)25-14-10-9-12-22(25)27/h9-20,27,32H,6-8H2,1-5H3. The highest BCUT2D eigenvalue weighted by Crippen LogP contribution is 2.58. The predicted molar refractivity (Wildman–Crippen MR) is 143 cm³/mol. The highest BCUT2D eigenvalue weighted by atomic mass is 16.6. The molecule has 36 heavy (non-hydrogen) atoms. The van der Waals surface area contributed by atoms with Crippen LogP contribution in [0, 0.1) is 0 Å². The van der Waals surface area contributed by atoms with Gasteiger partial charge < -0.3 is 19.7 Å². The van der Waals surface area contributed by atoms with Gasteiger partial charge in [-0.15, -0.1) is 0 Å². The Morgan fingerprint density at radius 1 is 1.14 bits per heavy atom. The summed E-state index contributed by atoms with van der Waals surface area (Å²) in [6.07, 6.45) is 2.76. The van der Waals surface area contributed by atoms with E-state index in [0.29, 0.717) is 29.7 Å². The van der Waals surface area contributed by atoms with Crippen LogP contribution >= 0.6 is 0 Å². The quantitative estimate of drug-likeness (QED) is 0.388. The molecule has 1 N–H and O–H groups in total. The highest BCUT2D eigenvalue weighted by molar-refractivity contribution is 5.95. The molecule has 0 saturated heterocycles. The maximum absolute atomic E-state index is 13.4. The zero-order valence-corrected chi connectivity index (χ0v) is 21.7. The number of para-hydroxylation sites is 1. The van der Waals surface area contributed by atoms with Crippen LogP contribution in [0.5, 0.6) is 5.75 Å². The van der Waals surface area contributed by atoms with E-state index >= 15 is 0 Å². The van der Waals surface area contributed by atoms with Gasteiger partial charge in [-0.2, -0.15) is 0 Å². The lowest BCUT2D eigenvalue weighted by atomic mass is 9.72. The summed E-state index contributed by atoms with van der Waals surface area (Å²) in [5, 5.41) is 3.55. The minimum absolute atomic E-state index is 0.0700. The van der Waals surface area contributed by atoms with Crippen molar-refractivity contribution in [3.63, 3.8) is 0 Å². The number of nitrogens with zero attached hydrogens (tertiary/aromatic N) is 2. The van der Waals surface area contributed by atoms with Crippen molar-refractivity contribution in [1.82, 2.24) is 4.98 Å². The molecule has 6 nitrogen and oxygen atoms in total. The molecule has 0 amide bonds. The Balaban J connectivity index is 1.78. The van der Waals surface area contributed by atoms with Crippen LogP contribution in [-0.2, 0) is 10.3 Å². The SMILES string of the molecule is CCOc1cc(NC(C)CC)ccc1C1(C2c3ccccc3N(CC)C2C)OC(=O)c2cccnc21. The Morgan fingerprint density at radius 2 is 1.94 bits per heavy atom. The Bertz CT molecular complexity index is 1280. The van der Waals surface area contributed by atoms with Gasteiger partial charge in [0, 0.05) is 47.8 Å². The van der Waals surface area contributed by atoms with Crippen molar-refractivity contribution in [3.05, 3.63) is 83.2 Å². The smallest absolute Gasteiger partial charge is 0.341 e. The van der Waals surface area contributed by atoms with E-state index in [2.05, 4.69) is 74.3 Å². The van der Waals surface area contributed by atoms with Crippen molar-refractivity contribution < 1.29 is 14.3 Å². The third kappa shape index (κ3) is 3.62. The minimum atomic E-state index is -1.12. The van der Waals surface area contributed by atoms with Gasteiger partial charge in [0.2, 0.25) is 0 Å². The van der Waals surface area contributed by atoms with Crippen molar-refractivity contribution in [2.24, 2.45) is 0 Å². The number of pyridine rings is 1. The Kier molecular flexibility index (Phi) is 6.37. The molecule has 3 aromatic rings. The molecule has 0 radical (unpaired) electrons. The molecule has 2 aliphatic heterocycles. The number of hydrogen-bond acceptors (Lipinski definition) is 6. The summed E-state index contributed by atoms with van der Waals surface area (Å²) in [7, 11) is 0. The highest BCUT2D eigenvalue weighted by Gasteiger charge is 2.60. The van der Waals surface area contributed by atoms with Crippen molar-refractivity contribution >= 4 is 17.3 Å². The molecule has 2 aromatic carbocycles. The van der Waals surface area contributed by atoms with Crippen LogP contribution in [0.3, 0.4) is 0 Å². The van der Waals surface area contributed by atoms with Crippen LogP contribution < -0.4 is 15.0 Å². The molecule has 0 aliphatic carbocycles. The van der Waals surface area contributed by atoms with Gasteiger partial charge in [-0.1, -0.05) is 25.1 Å². The largest absolute Gasteiger partial charge is 0.493 e. The first-order chi connectivity index (χ1) is 17.5. The Labute approximate surface area is 213 Å². The van der Waals surface area contributed by atoms with Crippen LogP contribution in [0.4, 0.5) is 11.4 Å². The molecular formula is C30H35N3O3. The maximum atomic E-state index is 13.4. The summed E-state index contributed by atoms with van der Waals surface area (Å²) < 4.78 is 12.8. The number of hydrogen-bond donors (Lipinski definition) is 1. The lowest BCUT2D eigenvalue weighted by Crippen LogP contribution is -2.44. The van der Waals surface area contributed by atoms with Crippen LogP contribution in [0.25, 0.3) is 0 Å². The monoisotopic (exact) mass is 485 g/mol. The van der Waals surface area contributed by atoms with E-state index in [9.17, 15) is 4.79 Å². The lowest BCUT2D eigenvalue weighted by molar-refractivity contribution is -0.00613. The van der Waals surface area contributed by atoms with E-state index in [1.807, 2.05) is 19.1 Å². The summed E-state index contributed by atoms with van der Waals surface area (Å²) in [6, 6.07) is 18.6. The zero-order valence-electron chi connectivity index (χ0n) is 21.7. The first-order valence-electron chi connectivity index (χ1n) is 13.0. The molecule has 0 saturated carbocycles. The number of rotatable bonds is 8. The third-order valence-corrected chi connectivity index (χ3v) is 7.67. The molecule has 5 rings (SSSR count). The van der Waals surface area contributed by atoms with Crippen molar-refractivity contribution in [1.29, 1.82) is 0 Å². The number of carbonyl (C=O) groups is 1. The average Bonchev–Trinajstić information content (AvgIpc) is 3.35. The summed E-state index contributed by atoms with van der Waals surface area (Å²) in [4.78, 5) is 20.5. The second-order valence-corrected chi connectivity index (χ2v) is 9.69. The van der Waals surface area contributed by atoms with Gasteiger partial charge in [0.15, 0.2) is 5.60 Å². The summed E-state index contributed by atoms with van der Waals surface area (Å²) in [5.41, 5.74) is 4.19.